The summed E-state index contributed by atoms with van der Waals surface area (Å²) in [4.78, 5) is 18.8. The zero-order chi connectivity index (χ0) is 17.6. The molecule has 0 aliphatic rings. The second-order valence-electron chi connectivity index (χ2n) is 5.45. The Morgan fingerprint density at radius 3 is 2.44 bits per heavy atom. The summed E-state index contributed by atoms with van der Waals surface area (Å²) >= 11 is 3.42. The van der Waals surface area contributed by atoms with Crippen molar-refractivity contribution in [1.29, 1.82) is 0 Å². The van der Waals surface area contributed by atoms with Crippen molar-refractivity contribution in [3.8, 4) is 0 Å². The van der Waals surface area contributed by atoms with Gasteiger partial charge in [0.05, 0.1) is 0 Å². The molecule has 5 heteroatoms. The van der Waals surface area contributed by atoms with E-state index in [1.165, 1.54) is 0 Å². The largest absolute Gasteiger partial charge is 0.355 e. The van der Waals surface area contributed by atoms with Crippen molar-refractivity contribution in [1.82, 2.24) is 4.98 Å². The lowest BCUT2D eigenvalue weighted by atomic mass is 10.2. The predicted molar refractivity (Wildman–Crippen MR) is 105 cm³/mol. The SMILES string of the molecule is CCN(C(=O)c1cc(Nc2ccc(Br)cc2)ccn1)c1ccccc1. The summed E-state index contributed by atoms with van der Waals surface area (Å²) in [6.07, 6.45) is 1.65. The number of anilines is 3. The number of nitrogens with one attached hydrogen (secondary N) is 1. The Morgan fingerprint density at radius 1 is 1.04 bits per heavy atom. The van der Waals surface area contributed by atoms with E-state index in [0.717, 1.165) is 21.5 Å². The molecule has 3 aromatic rings. The maximum atomic E-state index is 12.9. The first-order valence-corrected chi connectivity index (χ1v) is 8.82. The molecular formula is C20H18BrN3O. The van der Waals surface area contributed by atoms with Gasteiger partial charge in [0.25, 0.3) is 5.91 Å². The van der Waals surface area contributed by atoms with E-state index in [-0.39, 0.29) is 5.91 Å². The van der Waals surface area contributed by atoms with Crippen molar-refractivity contribution in [3.63, 3.8) is 0 Å². The number of carbonyl (C=O) groups excluding carboxylic acids is 1. The minimum atomic E-state index is -0.117. The smallest absolute Gasteiger partial charge is 0.276 e. The molecule has 126 valence electrons. The van der Waals surface area contributed by atoms with Crippen LogP contribution in [0, 0.1) is 0 Å². The van der Waals surface area contributed by atoms with Crippen molar-refractivity contribution in [2.45, 2.75) is 6.92 Å². The lowest BCUT2D eigenvalue weighted by Crippen LogP contribution is -2.31. The van der Waals surface area contributed by atoms with Gasteiger partial charge in [0.2, 0.25) is 0 Å². The minimum Gasteiger partial charge on any atom is -0.355 e. The van der Waals surface area contributed by atoms with Crippen LogP contribution < -0.4 is 10.2 Å². The van der Waals surface area contributed by atoms with Gasteiger partial charge in [-0.1, -0.05) is 34.1 Å². The van der Waals surface area contributed by atoms with E-state index in [1.54, 1.807) is 17.2 Å². The Bertz CT molecular complexity index is 850. The number of para-hydroxylation sites is 1. The molecule has 0 spiro atoms. The van der Waals surface area contributed by atoms with Gasteiger partial charge in [-0.3, -0.25) is 9.78 Å². The number of carbonyl (C=O) groups is 1. The first-order chi connectivity index (χ1) is 12.2. The number of aromatic nitrogens is 1. The summed E-state index contributed by atoms with van der Waals surface area (Å²) < 4.78 is 1.02. The third-order valence-electron chi connectivity index (χ3n) is 3.74. The molecule has 0 fully saturated rings. The zero-order valence-corrected chi connectivity index (χ0v) is 15.4. The van der Waals surface area contributed by atoms with Crippen LogP contribution in [0.4, 0.5) is 17.1 Å². The molecular weight excluding hydrogens is 378 g/mol. The van der Waals surface area contributed by atoms with Crippen LogP contribution >= 0.6 is 15.9 Å². The van der Waals surface area contributed by atoms with Gasteiger partial charge in [-0.2, -0.15) is 0 Å². The highest BCUT2D eigenvalue weighted by Gasteiger charge is 2.17. The van der Waals surface area contributed by atoms with E-state index >= 15 is 0 Å². The number of nitrogens with zero attached hydrogens (tertiary/aromatic N) is 2. The van der Waals surface area contributed by atoms with Crippen molar-refractivity contribution in [2.75, 3.05) is 16.8 Å². The van der Waals surface area contributed by atoms with E-state index in [1.807, 2.05) is 67.6 Å². The summed E-state index contributed by atoms with van der Waals surface area (Å²) in [5, 5.41) is 3.29. The summed E-state index contributed by atoms with van der Waals surface area (Å²) in [5.41, 5.74) is 3.05. The summed E-state index contributed by atoms with van der Waals surface area (Å²) in [5.74, 6) is -0.117. The van der Waals surface area contributed by atoms with Gasteiger partial charge >= 0.3 is 0 Å². The van der Waals surface area contributed by atoms with Crippen LogP contribution in [0.2, 0.25) is 0 Å². The van der Waals surface area contributed by atoms with Gasteiger partial charge in [-0.15, -0.1) is 0 Å². The fourth-order valence-electron chi connectivity index (χ4n) is 2.51. The number of hydrogen-bond acceptors (Lipinski definition) is 3. The zero-order valence-electron chi connectivity index (χ0n) is 13.8. The Labute approximate surface area is 155 Å². The van der Waals surface area contributed by atoms with Crippen molar-refractivity contribution in [2.24, 2.45) is 0 Å². The fraction of sp³-hybridized carbons (Fsp3) is 0.100. The lowest BCUT2D eigenvalue weighted by molar-refractivity contribution is 0.0983. The molecule has 0 bridgehead atoms. The number of rotatable bonds is 5. The Morgan fingerprint density at radius 2 is 1.76 bits per heavy atom. The van der Waals surface area contributed by atoms with Gasteiger partial charge in [-0.05, 0) is 55.5 Å². The van der Waals surface area contributed by atoms with Gasteiger partial charge in [0.1, 0.15) is 5.69 Å². The Kier molecular flexibility index (Phi) is 5.46. The third kappa shape index (κ3) is 4.25. The van der Waals surface area contributed by atoms with Crippen molar-refractivity contribution >= 4 is 38.9 Å². The molecule has 2 aromatic carbocycles. The second kappa shape index (κ2) is 7.94. The number of benzene rings is 2. The number of hydrogen-bond donors (Lipinski definition) is 1. The van der Waals surface area contributed by atoms with E-state index in [4.69, 9.17) is 0 Å². The molecule has 0 saturated heterocycles. The Balaban J connectivity index is 1.82. The van der Waals surface area contributed by atoms with Gasteiger partial charge in [0.15, 0.2) is 0 Å². The van der Waals surface area contributed by atoms with E-state index in [2.05, 4.69) is 26.2 Å². The van der Waals surface area contributed by atoms with E-state index in [0.29, 0.717) is 12.2 Å². The summed E-state index contributed by atoms with van der Waals surface area (Å²) in [6.45, 7) is 2.53. The normalized spacial score (nSPS) is 10.3. The van der Waals surface area contributed by atoms with Gasteiger partial charge in [0, 0.05) is 34.3 Å². The summed E-state index contributed by atoms with van der Waals surface area (Å²) in [7, 11) is 0. The first kappa shape index (κ1) is 17.2. The standard InChI is InChI=1S/C20H18BrN3O/c1-2-24(18-6-4-3-5-7-18)20(25)19-14-17(12-13-22-19)23-16-10-8-15(21)9-11-16/h3-14H,2H2,1H3,(H,22,23). The average molecular weight is 396 g/mol. The highest BCUT2D eigenvalue weighted by Crippen LogP contribution is 2.21. The van der Waals surface area contributed by atoms with Crippen LogP contribution in [0.15, 0.2) is 77.4 Å². The number of pyridine rings is 1. The first-order valence-electron chi connectivity index (χ1n) is 8.03. The molecule has 0 saturated carbocycles. The van der Waals surface area contributed by atoms with Crippen LogP contribution in [0.3, 0.4) is 0 Å². The highest BCUT2D eigenvalue weighted by molar-refractivity contribution is 9.10. The molecule has 0 aliphatic heterocycles. The number of halogens is 1. The lowest BCUT2D eigenvalue weighted by Gasteiger charge is -2.20. The van der Waals surface area contributed by atoms with Crippen LogP contribution in [-0.4, -0.2) is 17.4 Å². The van der Waals surface area contributed by atoms with Gasteiger partial charge < -0.3 is 10.2 Å². The van der Waals surface area contributed by atoms with E-state index in [9.17, 15) is 4.79 Å². The van der Waals surface area contributed by atoms with Crippen molar-refractivity contribution < 1.29 is 4.79 Å². The van der Waals surface area contributed by atoms with Crippen LogP contribution in [0.25, 0.3) is 0 Å². The van der Waals surface area contributed by atoms with Crippen molar-refractivity contribution in [3.05, 3.63) is 83.1 Å². The van der Waals surface area contributed by atoms with Gasteiger partial charge in [-0.25, -0.2) is 0 Å². The Hall–Kier alpha value is -2.66. The van der Waals surface area contributed by atoms with E-state index < -0.39 is 0 Å². The van der Waals surface area contributed by atoms with Crippen LogP contribution in [0.5, 0.6) is 0 Å². The number of amides is 1. The monoisotopic (exact) mass is 395 g/mol. The molecule has 1 aromatic heterocycles. The highest BCUT2D eigenvalue weighted by atomic mass is 79.9. The summed E-state index contributed by atoms with van der Waals surface area (Å²) in [6, 6.07) is 21.1. The molecule has 1 heterocycles. The molecule has 0 radical (unpaired) electrons. The average Bonchev–Trinajstić information content (AvgIpc) is 2.65. The van der Waals surface area contributed by atoms with Crippen LogP contribution in [-0.2, 0) is 0 Å². The molecule has 0 aliphatic carbocycles. The maximum absolute atomic E-state index is 12.9. The molecule has 25 heavy (non-hydrogen) atoms. The predicted octanol–water partition coefficient (Wildman–Crippen LogP) is 5.25. The molecule has 1 amide bonds. The van der Waals surface area contributed by atoms with Crippen LogP contribution in [0.1, 0.15) is 17.4 Å². The third-order valence-corrected chi connectivity index (χ3v) is 4.27. The second-order valence-corrected chi connectivity index (χ2v) is 6.36. The quantitative estimate of drug-likeness (QED) is 0.640. The molecule has 0 unspecified atom stereocenters. The molecule has 4 nitrogen and oxygen atoms in total. The molecule has 0 atom stereocenters. The topological polar surface area (TPSA) is 45.2 Å². The fourth-order valence-corrected chi connectivity index (χ4v) is 2.78. The molecule has 1 N–H and O–H groups in total. The molecule has 3 rings (SSSR count). The minimum absolute atomic E-state index is 0.117. The maximum Gasteiger partial charge on any atom is 0.276 e.